The van der Waals surface area contributed by atoms with Gasteiger partial charge in [0.25, 0.3) is 0 Å². The molecule has 0 atom stereocenters. The summed E-state index contributed by atoms with van der Waals surface area (Å²) < 4.78 is 0.285. The first-order valence-corrected chi connectivity index (χ1v) is 10.5. The summed E-state index contributed by atoms with van der Waals surface area (Å²) in [7, 11) is 0. The molecule has 2 fully saturated rings. The summed E-state index contributed by atoms with van der Waals surface area (Å²) >= 11 is 2.04. The van der Waals surface area contributed by atoms with Crippen molar-refractivity contribution >= 4 is 23.6 Å². The Bertz CT molecular complexity index is 439. The highest BCUT2D eigenvalue weighted by atomic mass is 32.2. The van der Waals surface area contributed by atoms with E-state index in [9.17, 15) is 4.79 Å². The minimum atomic E-state index is 0.285. The van der Waals surface area contributed by atoms with Crippen LogP contribution >= 0.6 is 11.8 Å². The van der Waals surface area contributed by atoms with Crippen LogP contribution in [0.4, 0.5) is 0 Å². The van der Waals surface area contributed by atoms with Crippen LogP contribution in [0.5, 0.6) is 0 Å². The Morgan fingerprint density at radius 2 is 2.12 bits per heavy atom. The smallest absolute Gasteiger partial charge is 0.222 e. The third-order valence-electron chi connectivity index (χ3n) is 4.58. The number of nitrogens with one attached hydrogen (secondary N) is 1. The maximum atomic E-state index is 12.0. The first-order chi connectivity index (χ1) is 11.5. The molecule has 2 heterocycles. The zero-order chi connectivity index (χ0) is 17.4. The first kappa shape index (κ1) is 19.4. The van der Waals surface area contributed by atoms with Gasteiger partial charge in [-0.3, -0.25) is 9.79 Å². The van der Waals surface area contributed by atoms with Crippen molar-refractivity contribution in [3.05, 3.63) is 0 Å². The van der Waals surface area contributed by atoms with E-state index in [1.54, 1.807) is 0 Å². The Balaban J connectivity index is 1.83. The quantitative estimate of drug-likeness (QED) is 0.468. The molecule has 2 aliphatic rings. The maximum Gasteiger partial charge on any atom is 0.222 e. The summed E-state index contributed by atoms with van der Waals surface area (Å²) in [5.74, 6) is 2.52. The second-order valence-corrected chi connectivity index (χ2v) is 9.11. The van der Waals surface area contributed by atoms with Crippen LogP contribution in [-0.4, -0.2) is 71.4 Å². The number of carbonyl (C=O) groups is 1. The van der Waals surface area contributed by atoms with Crippen molar-refractivity contribution in [3.8, 4) is 0 Å². The van der Waals surface area contributed by atoms with Gasteiger partial charge in [0.05, 0.1) is 0 Å². The summed E-state index contributed by atoms with van der Waals surface area (Å²) in [5.41, 5.74) is 0. The van der Waals surface area contributed by atoms with Crippen molar-refractivity contribution in [3.63, 3.8) is 0 Å². The van der Waals surface area contributed by atoms with Crippen LogP contribution in [0.25, 0.3) is 0 Å². The normalized spacial score (nSPS) is 22.5. The van der Waals surface area contributed by atoms with Gasteiger partial charge >= 0.3 is 0 Å². The number of amides is 1. The second kappa shape index (κ2) is 9.54. The number of carbonyl (C=O) groups excluding carboxylic acids is 1. The van der Waals surface area contributed by atoms with Gasteiger partial charge in [-0.05, 0) is 40.0 Å². The average molecular weight is 355 g/mol. The standard InChI is InChI=1S/C18H34N4OS/c1-4-19-17(22-13-14-24-18(2,3)15-22)20-10-8-12-21-11-7-5-6-9-16(21)23/h4-15H2,1-3H3,(H,19,20). The van der Waals surface area contributed by atoms with Crippen molar-refractivity contribution in [2.75, 3.05) is 45.0 Å². The predicted molar refractivity (Wildman–Crippen MR) is 104 cm³/mol. The molecule has 0 saturated carbocycles. The van der Waals surface area contributed by atoms with Crippen LogP contribution in [0, 0.1) is 0 Å². The molecule has 2 saturated heterocycles. The van der Waals surface area contributed by atoms with E-state index < -0.39 is 0 Å². The molecule has 6 heteroatoms. The molecule has 24 heavy (non-hydrogen) atoms. The molecule has 2 rings (SSSR count). The monoisotopic (exact) mass is 354 g/mol. The van der Waals surface area contributed by atoms with Crippen LogP contribution in [0.2, 0.25) is 0 Å². The summed E-state index contributed by atoms with van der Waals surface area (Å²) in [6.45, 7) is 12.3. The molecule has 0 aromatic rings. The molecule has 0 unspecified atom stereocenters. The molecule has 138 valence electrons. The molecular weight excluding hydrogens is 320 g/mol. The number of aliphatic imine (C=N–C) groups is 1. The minimum Gasteiger partial charge on any atom is -0.357 e. The van der Waals surface area contributed by atoms with E-state index in [-0.39, 0.29) is 4.75 Å². The van der Waals surface area contributed by atoms with Gasteiger partial charge in [0.15, 0.2) is 5.96 Å². The molecule has 0 aromatic heterocycles. The fraction of sp³-hybridized carbons (Fsp3) is 0.889. The van der Waals surface area contributed by atoms with Crippen molar-refractivity contribution in [1.82, 2.24) is 15.1 Å². The number of rotatable bonds is 5. The third-order valence-corrected chi connectivity index (χ3v) is 5.88. The van der Waals surface area contributed by atoms with Gasteiger partial charge in [-0.2, -0.15) is 11.8 Å². The summed E-state index contributed by atoms with van der Waals surface area (Å²) in [6, 6.07) is 0. The lowest BCUT2D eigenvalue weighted by molar-refractivity contribution is -0.130. The lowest BCUT2D eigenvalue weighted by Crippen LogP contribution is -2.51. The van der Waals surface area contributed by atoms with E-state index in [2.05, 4.69) is 31.0 Å². The Labute approximate surface area is 151 Å². The SMILES string of the molecule is CCNC(=NCCCN1CCCCCC1=O)N1CCSC(C)(C)C1. The second-order valence-electron chi connectivity index (χ2n) is 7.31. The minimum absolute atomic E-state index is 0.285. The summed E-state index contributed by atoms with van der Waals surface area (Å²) in [5, 5.41) is 3.43. The predicted octanol–water partition coefficient (Wildman–Crippen LogP) is 2.57. The number of hydrogen-bond donors (Lipinski definition) is 1. The van der Waals surface area contributed by atoms with E-state index >= 15 is 0 Å². The fourth-order valence-electron chi connectivity index (χ4n) is 3.34. The Morgan fingerprint density at radius 3 is 2.88 bits per heavy atom. The Morgan fingerprint density at radius 1 is 1.29 bits per heavy atom. The van der Waals surface area contributed by atoms with Crippen molar-refractivity contribution < 1.29 is 4.79 Å². The molecule has 0 aromatic carbocycles. The van der Waals surface area contributed by atoms with Crippen LogP contribution in [0.3, 0.4) is 0 Å². The third kappa shape index (κ3) is 6.19. The highest BCUT2D eigenvalue weighted by Gasteiger charge is 2.28. The van der Waals surface area contributed by atoms with Gasteiger partial charge in [0.2, 0.25) is 5.91 Å². The molecule has 0 radical (unpaired) electrons. The van der Waals surface area contributed by atoms with Crippen LogP contribution < -0.4 is 5.32 Å². The number of guanidine groups is 1. The maximum absolute atomic E-state index is 12.0. The van der Waals surface area contributed by atoms with Gasteiger partial charge in [0, 0.05) is 56.2 Å². The van der Waals surface area contributed by atoms with Gasteiger partial charge in [-0.25, -0.2) is 0 Å². The van der Waals surface area contributed by atoms with Gasteiger partial charge in [-0.15, -0.1) is 0 Å². The average Bonchev–Trinajstić information content (AvgIpc) is 2.74. The number of likely N-dealkylation sites (tertiary alicyclic amines) is 1. The van der Waals surface area contributed by atoms with Crippen molar-refractivity contribution in [2.24, 2.45) is 4.99 Å². The first-order valence-electron chi connectivity index (χ1n) is 9.47. The Kier molecular flexibility index (Phi) is 7.72. The topological polar surface area (TPSA) is 47.9 Å². The van der Waals surface area contributed by atoms with Gasteiger partial charge in [-0.1, -0.05) is 6.42 Å². The largest absolute Gasteiger partial charge is 0.357 e. The van der Waals surface area contributed by atoms with Crippen molar-refractivity contribution in [1.29, 1.82) is 0 Å². The van der Waals surface area contributed by atoms with Crippen molar-refractivity contribution in [2.45, 2.75) is 57.6 Å². The zero-order valence-electron chi connectivity index (χ0n) is 15.6. The summed E-state index contributed by atoms with van der Waals surface area (Å²) in [6.07, 6.45) is 5.08. The van der Waals surface area contributed by atoms with E-state index in [4.69, 9.17) is 4.99 Å². The molecule has 2 aliphatic heterocycles. The molecule has 0 bridgehead atoms. The molecule has 5 nitrogen and oxygen atoms in total. The van der Waals surface area contributed by atoms with E-state index in [1.165, 1.54) is 6.42 Å². The molecule has 0 aliphatic carbocycles. The van der Waals surface area contributed by atoms with E-state index in [0.29, 0.717) is 5.91 Å². The summed E-state index contributed by atoms with van der Waals surface area (Å²) in [4.78, 5) is 21.3. The van der Waals surface area contributed by atoms with Crippen LogP contribution in [0.1, 0.15) is 52.9 Å². The van der Waals surface area contributed by atoms with E-state index in [0.717, 1.165) is 76.7 Å². The Hall–Kier alpha value is -0.910. The lowest BCUT2D eigenvalue weighted by Gasteiger charge is -2.39. The lowest BCUT2D eigenvalue weighted by atomic mass is 10.2. The molecule has 0 spiro atoms. The molecule has 1 amide bonds. The number of nitrogens with zero attached hydrogens (tertiary/aromatic N) is 3. The van der Waals surface area contributed by atoms with Gasteiger partial charge < -0.3 is 15.1 Å². The zero-order valence-corrected chi connectivity index (χ0v) is 16.5. The molecule has 1 N–H and O–H groups in total. The highest BCUT2D eigenvalue weighted by Crippen LogP contribution is 2.29. The van der Waals surface area contributed by atoms with E-state index in [1.807, 2.05) is 16.7 Å². The number of thioether (sulfide) groups is 1. The van der Waals surface area contributed by atoms with Gasteiger partial charge in [0.1, 0.15) is 0 Å². The number of hydrogen-bond acceptors (Lipinski definition) is 3. The molecular formula is C18H34N4OS. The van der Waals surface area contributed by atoms with Crippen LogP contribution in [0.15, 0.2) is 4.99 Å². The van der Waals surface area contributed by atoms with Crippen LogP contribution in [-0.2, 0) is 4.79 Å². The highest BCUT2D eigenvalue weighted by molar-refractivity contribution is 8.00. The fourth-order valence-corrected chi connectivity index (χ4v) is 4.46.